The largest absolute Gasteiger partial charge is 0.179 e. The van der Waals surface area contributed by atoms with Gasteiger partial charge in [-0.2, -0.15) is 25.3 Å². The van der Waals surface area contributed by atoms with Gasteiger partial charge in [-0.1, -0.05) is 13.8 Å². The van der Waals surface area contributed by atoms with Crippen LogP contribution in [0.4, 0.5) is 0 Å². The minimum atomic E-state index is 0.631. The van der Waals surface area contributed by atoms with Crippen molar-refractivity contribution in [3.05, 3.63) is 0 Å². The molecule has 1 aliphatic carbocycles. The first-order valence-electron chi connectivity index (χ1n) is 4.94. The molecule has 4 atom stereocenters. The zero-order chi connectivity index (χ0) is 9.14. The van der Waals surface area contributed by atoms with Crippen LogP contribution in [0.3, 0.4) is 0 Å². The van der Waals surface area contributed by atoms with Gasteiger partial charge in [0.05, 0.1) is 0 Å². The summed E-state index contributed by atoms with van der Waals surface area (Å²) in [7, 11) is 0. The van der Waals surface area contributed by atoms with Crippen molar-refractivity contribution in [2.24, 2.45) is 17.8 Å². The van der Waals surface area contributed by atoms with E-state index in [0.29, 0.717) is 5.25 Å². The summed E-state index contributed by atoms with van der Waals surface area (Å²) >= 11 is 8.98. The smallest absolute Gasteiger partial charge is 0.00451 e. The van der Waals surface area contributed by atoms with Crippen LogP contribution in [0.15, 0.2) is 0 Å². The predicted molar refractivity (Wildman–Crippen MR) is 62.3 cm³/mol. The Hall–Kier alpha value is 0.700. The van der Waals surface area contributed by atoms with E-state index in [1.54, 1.807) is 0 Å². The Morgan fingerprint density at radius 2 is 2.08 bits per heavy atom. The van der Waals surface area contributed by atoms with E-state index in [9.17, 15) is 0 Å². The van der Waals surface area contributed by atoms with Gasteiger partial charge in [-0.3, -0.25) is 0 Å². The molecule has 0 saturated heterocycles. The van der Waals surface area contributed by atoms with Gasteiger partial charge >= 0.3 is 0 Å². The minimum Gasteiger partial charge on any atom is -0.179 e. The molecule has 1 fully saturated rings. The van der Waals surface area contributed by atoms with Gasteiger partial charge < -0.3 is 0 Å². The Bertz CT molecular complexity index is 136. The van der Waals surface area contributed by atoms with E-state index in [0.717, 1.165) is 23.5 Å². The van der Waals surface area contributed by atoms with Gasteiger partial charge in [0.25, 0.3) is 0 Å². The van der Waals surface area contributed by atoms with Crippen LogP contribution in [0.25, 0.3) is 0 Å². The predicted octanol–water partition coefficient (Wildman–Crippen LogP) is 3.29. The monoisotopic (exact) mass is 204 g/mol. The number of hydrogen-bond acceptors (Lipinski definition) is 2. The molecular weight excluding hydrogens is 184 g/mol. The molecule has 1 rings (SSSR count). The van der Waals surface area contributed by atoms with Crippen molar-refractivity contribution in [1.82, 2.24) is 0 Å². The van der Waals surface area contributed by atoms with Crippen LogP contribution < -0.4 is 0 Å². The molecule has 0 aromatic rings. The first-order valence-corrected chi connectivity index (χ1v) is 6.09. The van der Waals surface area contributed by atoms with E-state index < -0.39 is 0 Å². The summed E-state index contributed by atoms with van der Waals surface area (Å²) in [6.07, 6.45) is 4.04. The van der Waals surface area contributed by atoms with Crippen molar-refractivity contribution in [2.75, 3.05) is 5.75 Å². The molecule has 72 valence electrons. The summed E-state index contributed by atoms with van der Waals surface area (Å²) in [6, 6.07) is 0. The third-order valence-electron chi connectivity index (χ3n) is 3.29. The molecular formula is C10H20S2. The maximum Gasteiger partial charge on any atom is 0.00451 e. The SMILES string of the molecule is C[C@H](CS)[C@@H]1CC[C@H](C)[C@H](S)C1. The van der Waals surface area contributed by atoms with E-state index in [1.807, 2.05) is 0 Å². The summed E-state index contributed by atoms with van der Waals surface area (Å²) in [4.78, 5) is 0. The molecule has 0 heterocycles. The first kappa shape index (κ1) is 10.8. The van der Waals surface area contributed by atoms with Gasteiger partial charge in [0.2, 0.25) is 0 Å². The normalized spacial score (nSPS) is 39.5. The molecule has 0 nitrogen and oxygen atoms in total. The van der Waals surface area contributed by atoms with Crippen molar-refractivity contribution in [3.63, 3.8) is 0 Å². The van der Waals surface area contributed by atoms with E-state index in [1.165, 1.54) is 19.3 Å². The van der Waals surface area contributed by atoms with E-state index in [-0.39, 0.29) is 0 Å². The van der Waals surface area contributed by atoms with E-state index in [2.05, 4.69) is 39.1 Å². The molecule has 1 aliphatic rings. The van der Waals surface area contributed by atoms with Gasteiger partial charge in [0, 0.05) is 5.25 Å². The van der Waals surface area contributed by atoms with Crippen molar-refractivity contribution < 1.29 is 0 Å². The van der Waals surface area contributed by atoms with Crippen molar-refractivity contribution in [1.29, 1.82) is 0 Å². The van der Waals surface area contributed by atoms with Crippen LogP contribution in [0.1, 0.15) is 33.1 Å². The molecule has 0 aliphatic heterocycles. The molecule has 0 aromatic carbocycles. The Morgan fingerprint density at radius 1 is 1.42 bits per heavy atom. The average Bonchev–Trinajstić information content (AvgIpc) is 2.08. The molecule has 1 saturated carbocycles. The standard InChI is InChI=1S/C10H20S2/c1-7-3-4-9(5-10(7)12)8(2)6-11/h7-12H,3-6H2,1-2H3/t7-,8+,9+,10+/m0/s1. The van der Waals surface area contributed by atoms with Crippen LogP contribution in [-0.4, -0.2) is 11.0 Å². The molecule has 0 bridgehead atoms. The highest BCUT2D eigenvalue weighted by atomic mass is 32.1. The van der Waals surface area contributed by atoms with Crippen molar-refractivity contribution in [2.45, 2.75) is 38.4 Å². The Kier molecular flexibility index (Phi) is 4.31. The summed E-state index contributed by atoms with van der Waals surface area (Å²) in [5, 5.41) is 0.631. The quantitative estimate of drug-likeness (QED) is 0.634. The summed E-state index contributed by atoms with van der Waals surface area (Å²) in [6.45, 7) is 4.63. The third kappa shape index (κ3) is 2.59. The zero-order valence-corrected chi connectivity index (χ0v) is 9.82. The molecule has 0 radical (unpaired) electrons. The molecule has 0 unspecified atom stereocenters. The summed E-state index contributed by atoms with van der Waals surface area (Å²) < 4.78 is 0. The fraction of sp³-hybridized carbons (Fsp3) is 1.00. The lowest BCUT2D eigenvalue weighted by Gasteiger charge is -2.34. The maximum atomic E-state index is 4.62. The highest BCUT2D eigenvalue weighted by Gasteiger charge is 2.27. The zero-order valence-electron chi connectivity index (χ0n) is 8.03. The first-order chi connectivity index (χ1) is 5.65. The van der Waals surface area contributed by atoms with Crippen molar-refractivity contribution >= 4 is 25.3 Å². The van der Waals surface area contributed by atoms with Crippen LogP contribution >= 0.6 is 25.3 Å². The van der Waals surface area contributed by atoms with E-state index in [4.69, 9.17) is 0 Å². The van der Waals surface area contributed by atoms with Gasteiger partial charge in [-0.25, -0.2) is 0 Å². The third-order valence-corrected chi connectivity index (χ3v) is 4.58. The maximum absolute atomic E-state index is 4.62. The van der Waals surface area contributed by atoms with Gasteiger partial charge in [0.15, 0.2) is 0 Å². The Balaban J connectivity index is 2.39. The molecule has 2 heteroatoms. The molecule has 0 spiro atoms. The number of hydrogen-bond donors (Lipinski definition) is 2. The minimum absolute atomic E-state index is 0.631. The average molecular weight is 204 g/mol. The highest BCUT2D eigenvalue weighted by Crippen LogP contribution is 2.36. The van der Waals surface area contributed by atoms with E-state index >= 15 is 0 Å². The highest BCUT2D eigenvalue weighted by molar-refractivity contribution is 7.81. The number of thiol groups is 2. The molecule has 0 aromatic heterocycles. The summed E-state index contributed by atoms with van der Waals surface area (Å²) in [5.74, 6) is 3.49. The fourth-order valence-electron chi connectivity index (χ4n) is 2.00. The lowest BCUT2D eigenvalue weighted by molar-refractivity contribution is 0.246. The molecule has 0 amide bonds. The topological polar surface area (TPSA) is 0 Å². The Morgan fingerprint density at radius 3 is 2.58 bits per heavy atom. The van der Waals surface area contributed by atoms with Crippen LogP contribution in [0, 0.1) is 17.8 Å². The molecule has 0 N–H and O–H groups in total. The summed E-state index contributed by atoms with van der Waals surface area (Å²) in [5.41, 5.74) is 0. The van der Waals surface area contributed by atoms with Crippen LogP contribution in [-0.2, 0) is 0 Å². The second kappa shape index (κ2) is 4.80. The lowest BCUT2D eigenvalue weighted by atomic mass is 9.77. The number of rotatable bonds is 2. The van der Waals surface area contributed by atoms with Crippen LogP contribution in [0.5, 0.6) is 0 Å². The van der Waals surface area contributed by atoms with Gasteiger partial charge in [0.1, 0.15) is 0 Å². The van der Waals surface area contributed by atoms with Crippen LogP contribution in [0.2, 0.25) is 0 Å². The second-order valence-corrected chi connectivity index (χ2v) is 5.31. The second-order valence-electron chi connectivity index (χ2n) is 4.28. The van der Waals surface area contributed by atoms with Crippen molar-refractivity contribution in [3.8, 4) is 0 Å². The fourth-order valence-corrected chi connectivity index (χ4v) is 2.71. The molecule has 12 heavy (non-hydrogen) atoms. The lowest BCUT2D eigenvalue weighted by Crippen LogP contribution is -2.27. The Labute approximate surface area is 87.3 Å². The van der Waals surface area contributed by atoms with Gasteiger partial charge in [-0.05, 0) is 42.8 Å². The van der Waals surface area contributed by atoms with Gasteiger partial charge in [-0.15, -0.1) is 0 Å².